The number of carboxylic acid groups (broad SMARTS) is 1. The highest BCUT2D eigenvalue weighted by Gasteiger charge is 2.45. The number of rotatable bonds is 37. The molecule has 5 rings (SSSR count). The number of carboxylic acids is 1. The Hall–Kier alpha value is -8.70. The van der Waals surface area contributed by atoms with Crippen molar-refractivity contribution in [2.75, 3.05) is 52.5 Å². The van der Waals surface area contributed by atoms with Crippen LogP contribution >= 0.6 is 0 Å². The summed E-state index contributed by atoms with van der Waals surface area (Å²) in [5, 5.41) is 43.4. The van der Waals surface area contributed by atoms with E-state index in [-0.39, 0.29) is 128 Å². The van der Waals surface area contributed by atoms with Crippen LogP contribution in [-0.4, -0.2) is 192 Å². The molecule has 2 fully saturated rings. The number of aliphatic carboxylic acids is 1. The number of benzene rings is 2. The quantitative estimate of drug-likeness (QED) is 0.0170. The Morgan fingerprint density at radius 1 is 0.704 bits per heavy atom. The van der Waals surface area contributed by atoms with Gasteiger partial charge in [0.05, 0.1) is 31.9 Å². The summed E-state index contributed by atoms with van der Waals surface area (Å²) in [4.78, 5) is 159. The van der Waals surface area contributed by atoms with Gasteiger partial charge in [-0.05, 0) is 81.4 Å². The SMILES string of the molecule is CCCC[C@H](NCC(=O)OCCOCCNC(=O)CCCCCCCCCCCCCC(=O)O)C(=O)N[C@H]1CCC(=O)NCCCC[C@@H](C(N)=O)NC(=O)[C@H](Cc2c[nH]c3ccccc23)NC(=O)[C@H](CCCN=C(N)N)NC(=O)[C@@H](Cc2ccccc2)NC(=O)[C@@H]2[C@@H](O)CCN2C1=O. The molecule has 9 amide bonds. The maximum absolute atomic E-state index is 15.0. The number of ether oxygens (including phenoxy) is 2. The molecule has 29 heteroatoms. The highest BCUT2D eigenvalue weighted by molar-refractivity contribution is 5.98. The Kier molecular flexibility index (Phi) is 36.7. The summed E-state index contributed by atoms with van der Waals surface area (Å²) in [6.45, 7) is 1.87. The molecule has 1 aromatic heterocycles. The van der Waals surface area contributed by atoms with E-state index in [4.69, 9.17) is 31.8 Å². The number of para-hydroxylation sites is 1. The third-order valence-corrected chi connectivity index (χ3v) is 17.3. The second-order valence-corrected chi connectivity index (χ2v) is 25.2. The Bertz CT molecular complexity index is 3050. The number of primary amides is 1. The van der Waals surface area contributed by atoms with Crippen LogP contribution in [0.3, 0.4) is 0 Å². The van der Waals surface area contributed by atoms with Crippen molar-refractivity contribution in [1.29, 1.82) is 0 Å². The number of aliphatic hydroxyl groups is 1. The summed E-state index contributed by atoms with van der Waals surface area (Å²) in [5.41, 5.74) is 19.1. The van der Waals surface area contributed by atoms with Crippen molar-refractivity contribution in [3.63, 3.8) is 0 Å². The standard InChI is InChI=1S/C69H106N14O15/c1-2-3-26-51(77-45-60(89)98-41-40-97-39-37-74-57(85)30-16-11-9-7-5-4-6-8-10-12-17-31-59(87)88)63(91)80-53-32-33-58(86)73-35-21-20-28-50(62(70)90)78-66(94)55(43-47-44-76-49-27-19-18-25-48(47)49)81-64(92)52(29-22-36-75-69(71)72)79-65(93)54(42-46-23-14-13-15-24-46)82-67(95)61-56(84)34-38-83(61)68(53)96/h13-15,18-19,23-25,27,44,50-56,61,76-77,84H,2-12,16-17,20-22,26,28-43,45H2,1H3,(H2,70,90)(H,73,86)(H,74,85)(H,78,94)(H,79,93)(H,80,91)(H,81,92)(H,82,95)(H,87,88)(H4,71,72,75)/t50-,51-,52-,53-,54+,55-,56-,61-/m0/s1. The van der Waals surface area contributed by atoms with Gasteiger partial charge >= 0.3 is 11.9 Å². The molecule has 3 heterocycles. The normalized spacial score (nSPS) is 20.5. The van der Waals surface area contributed by atoms with E-state index in [1.54, 1.807) is 36.5 Å². The Morgan fingerprint density at radius 2 is 1.35 bits per heavy atom. The minimum Gasteiger partial charge on any atom is -0.481 e. The number of guanidine groups is 1. The summed E-state index contributed by atoms with van der Waals surface area (Å²) in [7, 11) is 0. The smallest absolute Gasteiger partial charge is 0.320 e. The summed E-state index contributed by atoms with van der Waals surface area (Å²) < 4.78 is 10.9. The minimum atomic E-state index is -1.61. The molecular formula is C69H106N14O15. The zero-order valence-corrected chi connectivity index (χ0v) is 56.8. The average molecular weight is 1370 g/mol. The molecule has 2 saturated heterocycles. The molecule has 0 unspecified atom stereocenters. The van der Waals surface area contributed by atoms with Gasteiger partial charge in [-0.25, -0.2) is 0 Å². The molecule has 0 spiro atoms. The predicted octanol–water partition coefficient (Wildman–Crippen LogP) is 1.94. The molecule has 17 N–H and O–H groups in total. The molecule has 2 aliphatic heterocycles. The number of nitrogens with zero attached hydrogens (tertiary/aromatic N) is 2. The van der Waals surface area contributed by atoms with Crippen molar-refractivity contribution in [1.82, 2.24) is 52.4 Å². The van der Waals surface area contributed by atoms with Crippen molar-refractivity contribution >= 4 is 82.0 Å². The van der Waals surface area contributed by atoms with Gasteiger partial charge in [0, 0.05) is 75.4 Å². The lowest BCUT2D eigenvalue weighted by Gasteiger charge is -2.32. The van der Waals surface area contributed by atoms with Crippen molar-refractivity contribution in [3.05, 3.63) is 71.9 Å². The van der Waals surface area contributed by atoms with Crippen molar-refractivity contribution in [3.8, 4) is 0 Å². The second-order valence-electron chi connectivity index (χ2n) is 25.2. The molecule has 2 aliphatic rings. The fourth-order valence-electron chi connectivity index (χ4n) is 11.9. The summed E-state index contributed by atoms with van der Waals surface area (Å²) in [6, 6.07) is 6.41. The van der Waals surface area contributed by atoms with Crippen LogP contribution in [-0.2, 0) is 75.1 Å². The number of hydrogen-bond acceptors (Lipinski definition) is 16. The molecular weight excluding hydrogens is 1260 g/mol. The van der Waals surface area contributed by atoms with E-state index < -0.39 is 114 Å². The lowest BCUT2D eigenvalue weighted by atomic mass is 10.0. The minimum absolute atomic E-state index is 0.0421. The monoisotopic (exact) mass is 1370 g/mol. The topological polar surface area (TPSA) is 452 Å². The van der Waals surface area contributed by atoms with E-state index in [9.17, 15) is 57.8 Å². The summed E-state index contributed by atoms with van der Waals surface area (Å²) in [6.07, 6.45) is 13.3. The highest BCUT2D eigenvalue weighted by atomic mass is 16.6. The number of carbonyl (C=O) groups is 11. The van der Waals surface area contributed by atoms with E-state index >= 15 is 0 Å². The van der Waals surface area contributed by atoms with Gasteiger partial charge in [0.2, 0.25) is 53.2 Å². The molecule has 2 aromatic carbocycles. The van der Waals surface area contributed by atoms with Crippen molar-refractivity contribution in [2.24, 2.45) is 22.2 Å². The van der Waals surface area contributed by atoms with Gasteiger partial charge in [0.25, 0.3) is 0 Å². The first kappa shape index (κ1) is 80.0. The molecule has 542 valence electrons. The number of hydrogen-bond donors (Lipinski definition) is 14. The summed E-state index contributed by atoms with van der Waals surface area (Å²) in [5.74, 6) is -7.99. The Balaban J connectivity index is 1.25. The molecule has 0 bridgehead atoms. The number of amides is 9. The van der Waals surface area contributed by atoms with Crippen molar-refractivity contribution < 1.29 is 72.4 Å². The molecule has 8 atom stereocenters. The third-order valence-electron chi connectivity index (χ3n) is 17.3. The number of H-pyrrole nitrogens is 1. The fourth-order valence-corrected chi connectivity index (χ4v) is 11.9. The largest absolute Gasteiger partial charge is 0.481 e. The van der Waals surface area contributed by atoms with Gasteiger partial charge < -0.3 is 84.0 Å². The third kappa shape index (κ3) is 30.0. The van der Waals surface area contributed by atoms with Gasteiger partial charge in [-0.2, -0.15) is 0 Å². The number of aliphatic hydroxyl groups excluding tert-OH is 1. The van der Waals surface area contributed by atoms with Crippen LogP contribution in [0.2, 0.25) is 0 Å². The van der Waals surface area contributed by atoms with E-state index in [1.807, 2.05) is 31.2 Å². The van der Waals surface area contributed by atoms with E-state index in [2.05, 4.69) is 52.5 Å². The van der Waals surface area contributed by atoms with Crippen LogP contribution in [0.1, 0.15) is 172 Å². The average Bonchev–Trinajstić information content (AvgIpc) is 1.64. The fraction of sp³-hybridized carbons (Fsp3) is 0.623. The molecule has 29 nitrogen and oxygen atoms in total. The van der Waals surface area contributed by atoms with Gasteiger partial charge in [0.15, 0.2) is 5.96 Å². The second kappa shape index (κ2) is 45.0. The first-order valence-corrected chi connectivity index (χ1v) is 34.9. The number of aromatic amines is 1. The number of esters is 1. The number of aromatic nitrogens is 1. The predicted molar refractivity (Wildman–Crippen MR) is 367 cm³/mol. The van der Waals surface area contributed by atoms with E-state index in [1.165, 1.54) is 0 Å². The van der Waals surface area contributed by atoms with Gasteiger partial charge in [-0.3, -0.25) is 63.0 Å². The molecule has 98 heavy (non-hydrogen) atoms. The lowest BCUT2D eigenvalue weighted by molar-refractivity contribution is -0.145. The number of unbranched alkanes of at least 4 members (excludes halogenated alkanes) is 11. The zero-order valence-electron chi connectivity index (χ0n) is 56.8. The van der Waals surface area contributed by atoms with Crippen LogP contribution in [0.15, 0.2) is 65.8 Å². The van der Waals surface area contributed by atoms with Crippen LogP contribution < -0.4 is 59.7 Å². The van der Waals surface area contributed by atoms with Crippen LogP contribution in [0.25, 0.3) is 10.9 Å². The van der Waals surface area contributed by atoms with E-state index in [0.717, 1.165) is 86.4 Å². The summed E-state index contributed by atoms with van der Waals surface area (Å²) >= 11 is 0. The van der Waals surface area contributed by atoms with Crippen molar-refractivity contribution in [2.45, 2.75) is 222 Å². The molecule has 3 aromatic rings. The zero-order chi connectivity index (χ0) is 71.0. The van der Waals surface area contributed by atoms with Gasteiger partial charge in [-0.1, -0.05) is 126 Å². The maximum atomic E-state index is 15.0. The van der Waals surface area contributed by atoms with Gasteiger partial charge in [0.1, 0.15) is 42.9 Å². The lowest BCUT2D eigenvalue weighted by Crippen LogP contribution is -2.61. The number of carbonyl (C=O) groups excluding carboxylic acids is 10. The number of nitrogens with one attached hydrogen (secondary N) is 9. The van der Waals surface area contributed by atoms with E-state index in [0.29, 0.717) is 36.8 Å². The van der Waals surface area contributed by atoms with Crippen LogP contribution in [0.4, 0.5) is 0 Å². The molecule has 0 saturated carbocycles. The molecule has 0 aliphatic carbocycles. The number of aliphatic imine (C=N–C) groups is 1. The Morgan fingerprint density at radius 3 is 2.04 bits per heavy atom. The van der Waals surface area contributed by atoms with Crippen LogP contribution in [0, 0.1) is 0 Å². The number of nitrogens with two attached hydrogens (primary N) is 3. The first-order valence-electron chi connectivity index (χ1n) is 34.9. The number of fused-ring (bicyclic) bond motifs is 2. The first-order chi connectivity index (χ1) is 47.2. The highest BCUT2D eigenvalue weighted by Crippen LogP contribution is 2.23. The molecule has 0 radical (unpaired) electrons. The Labute approximate surface area is 573 Å². The van der Waals surface area contributed by atoms with Crippen LogP contribution in [0.5, 0.6) is 0 Å². The van der Waals surface area contributed by atoms with Gasteiger partial charge in [-0.15, -0.1) is 0 Å². The maximum Gasteiger partial charge on any atom is 0.320 e.